The van der Waals surface area contributed by atoms with Crippen LogP contribution in [0.2, 0.25) is 0 Å². The predicted octanol–water partition coefficient (Wildman–Crippen LogP) is -0.589. The van der Waals surface area contributed by atoms with Crippen molar-refractivity contribution in [2.75, 3.05) is 6.54 Å². The van der Waals surface area contributed by atoms with E-state index in [0.29, 0.717) is 12.2 Å². The van der Waals surface area contributed by atoms with Gasteiger partial charge in [0.25, 0.3) is 0 Å². The summed E-state index contributed by atoms with van der Waals surface area (Å²) in [6.07, 6.45) is 1.57. The maximum Gasteiger partial charge on any atom is 0.356 e. The van der Waals surface area contributed by atoms with E-state index in [1.54, 1.807) is 6.92 Å². The number of nitrogens with zero attached hydrogens (tertiary/aromatic N) is 2. The van der Waals surface area contributed by atoms with Crippen LogP contribution in [0, 0.1) is 0 Å². The molecule has 0 unspecified atom stereocenters. The first-order valence-electron chi connectivity index (χ1n) is 4.35. The van der Waals surface area contributed by atoms with Crippen molar-refractivity contribution in [1.82, 2.24) is 9.71 Å². The highest BCUT2D eigenvalue weighted by Gasteiger charge is 2.10. The number of carboxylic acid groups (broad SMARTS) is 2. The lowest BCUT2D eigenvalue weighted by Crippen LogP contribution is -2.10. The van der Waals surface area contributed by atoms with Crippen molar-refractivity contribution in [3.63, 3.8) is 0 Å². The third-order valence-electron chi connectivity index (χ3n) is 1.47. The molecule has 0 fully saturated rings. The van der Waals surface area contributed by atoms with Gasteiger partial charge in [-0.25, -0.2) is 9.78 Å². The number of imidazole rings is 1. The Labute approximate surface area is 90.9 Å². The largest absolute Gasteiger partial charge is 0.480 e. The Bertz CT molecular complexity index is 374. The zero-order valence-electron chi connectivity index (χ0n) is 8.62. The summed E-state index contributed by atoms with van der Waals surface area (Å²) in [4.78, 5) is 23.2. The summed E-state index contributed by atoms with van der Waals surface area (Å²) in [5.41, 5.74) is 4.44. The minimum Gasteiger partial charge on any atom is -0.480 e. The zero-order valence-corrected chi connectivity index (χ0v) is 8.62. The van der Waals surface area contributed by atoms with E-state index in [2.05, 4.69) is 10.7 Å². The molecule has 16 heavy (non-hydrogen) atoms. The second-order valence-corrected chi connectivity index (χ2v) is 2.64. The van der Waals surface area contributed by atoms with Gasteiger partial charge in [-0.1, -0.05) is 6.92 Å². The average molecular weight is 231 g/mol. The van der Waals surface area contributed by atoms with Gasteiger partial charge in [-0.3, -0.25) is 4.79 Å². The van der Waals surface area contributed by atoms with Gasteiger partial charge >= 0.3 is 11.9 Å². The van der Waals surface area contributed by atoms with Crippen molar-refractivity contribution in [1.29, 1.82) is 0 Å². The molecule has 0 amide bonds. The van der Waals surface area contributed by atoms with Crippen LogP contribution in [0.4, 0.5) is 0 Å². The van der Waals surface area contributed by atoms with E-state index in [-0.39, 0.29) is 12.2 Å². The number of aryl methyl sites for hydroxylation is 1. The predicted molar refractivity (Wildman–Crippen MR) is 52.4 cm³/mol. The van der Waals surface area contributed by atoms with Crippen molar-refractivity contribution in [2.24, 2.45) is 5.73 Å². The summed E-state index contributed by atoms with van der Waals surface area (Å²) in [6.45, 7) is 1.50. The molecule has 0 bridgehead atoms. The second-order valence-electron chi connectivity index (χ2n) is 2.64. The topological polar surface area (TPSA) is 139 Å². The Morgan fingerprint density at radius 1 is 1.50 bits per heavy atom. The smallest absolute Gasteiger partial charge is 0.356 e. The summed E-state index contributed by atoms with van der Waals surface area (Å²) in [6, 6.07) is 0. The maximum atomic E-state index is 10.3. The summed E-state index contributed by atoms with van der Waals surface area (Å²) >= 11 is 0. The van der Waals surface area contributed by atoms with Crippen molar-refractivity contribution in [3.8, 4) is 0 Å². The standard InChI is InChI=1S/C6H8N2O3.C2H5NO2/c1-2-5-7-4(6(9)10)3-8(5)11;3-1-2(4)5/h3,11H,2H2,1H3,(H,9,10);1,3H2,(H,4,5). The van der Waals surface area contributed by atoms with E-state index in [0.717, 1.165) is 10.9 Å². The van der Waals surface area contributed by atoms with Gasteiger partial charge < -0.3 is 21.2 Å². The number of rotatable bonds is 3. The molecule has 8 nitrogen and oxygen atoms in total. The normalized spacial score (nSPS) is 9.12. The van der Waals surface area contributed by atoms with Crippen LogP contribution in [0.15, 0.2) is 6.20 Å². The first-order valence-corrected chi connectivity index (χ1v) is 4.35. The van der Waals surface area contributed by atoms with Crippen molar-refractivity contribution >= 4 is 11.9 Å². The molecule has 0 atom stereocenters. The third-order valence-corrected chi connectivity index (χ3v) is 1.47. The van der Waals surface area contributed by atoms with Crippen LogP contribution in [-0.4, -0.2) is 43.6 Å². The van der Waals surface area contributed by atoms with Crippen LogP contribution in [0.5, 0.6) is 0 Å². The Morgan fingerprint density at radius 3 is 2.19 bits per heavy atom. The molecule has 0 spiro atoms. The minimum absolute atomic E-state index is 0.135. The highest BCUT2D eigenvalue weighted by Crippen LogP contribution is 2.00. The number of carbonyl (C=O) groups is 2. The average Bonchev–Trinajstić information content (AvgIpc) is 2.60. The lowest BCUT2D eigenvalue weighted by molar-refractivity contribution is -0.135. The van der Waals surface area contributed by atoms with E-state index >= 15 is 0 Å². The molecule has 8 heteroatoms. The minimum atomic E-state index is -1.13. The summed E-state index contributed by atoms with van der Waals surface area (Å²) < 4.78 is 0.726. The molecule has 1 heterocycles. The number of aromatic nitrogens is 2. The first kappa shape index (κ1) is 13.9. The molecule has 0 aromatic carbocycles. The van der Waals surface area contributed by atoms with E-state index in [4.69, 9.17) is 15.4 Å². The fourth-order valence-electron chi connectivity index (χ4n) is 0.754. The Kier molecular flexibility index (Phi) is 5.57. The third kappa shape index (κ3) is 4.42. The Balaban J connectivity index is 0.000000385. The van der Waals surface area contributed by atoms with Gasteiger partial charge in [0.15, 0.2) is 5.69 Å². The van der Waals surface area contributed by atoms with Gasteiger partial charge in [-0.15, -0.1) is 0 Å². The van der Waals surface area contributed by atoms with Gasteiger partial charge in [0.05, 0.1) is 12.7 Å². The first-order chi connectivity index (χ1) is 7.42. The summed E-state index contributed by atoms with van der Waals surface area (Å²) in [7, 11) is 0. The second kappa shape index (κ2) is 6.40. The van der Waals surface area contributed by atoms with Gasteiger partial charge in [0.2, 0.25) is 0 Å². The fraction of sp³-hybridized carbons (Fsp3) is 0.375. The lowest BCUT2D eigenvalue weighted by Gasteiger charge is -1.91. The lowest BCUT2D eigenvalue weighted by atomic mass is 10.5. The fourth-order valence-corrected chi connectivity index (χ4v) is 0.754. The zero-order chi connectivity index (χ0) is 12.7. The van der Waals surface area contributed by atoms with Crippen molar-refractivity contribution in [2.45, 2.75) is 13.3 Å². The van der Waals surface area contributed by atoms with Crippen LogP contribution in [0.25, 0.3) is 0 Å². The van der Waals surface area contributed by atoms with E-state index < -0.39 is 11.9 Å². The van der Waals surface area contributed by atoms with Crippen LogP contribution in [0.3, 0.4) is 0 Å². The van der Waals surface area contributed by atoms with Gasteiger partial charge in [-0.05, 0) is 0 Å². The van der Waals surface area contributed by atoms with Crippen LogP contribution in [-0.2, 0) is 11.2 Å². The van der Waals surface area contributed by atoms with Crippen molar-refractivity contribution in [3.05, 3.63) is 17.7 Å². The highest BCUT2D eigenvalue weighted by atomic mass is 16.5. The molecule has 0 saturated heterocycles. The maximum absolute atomic E-state index is 10.3. The van der Waals surface area contributed by atoms with Crippen LogP contribution in [0.1, 0.15) is 23.2 Å². The van der Waals surface area contributed by atoms with Gasteiger partial charge in [0, 0.05) is 6.42 Å². The number of nitrogens with two attached hydrogens (primary N) is 1. The number of aliphatic carboxylic acids is 1. The molecule has 1 rings (SSSR count). The number of hydrogen-bond donors (Lipinski definition) is 4. The molecular weight excluding hydrogens is 218 g/mol. The van der Waals surface area contributed by atoms with E-state index in [9.17, 15) is 9.59 Å². The number of hydrogen-bond acceptors (Lipinski definition) is 5. The summed E-state index contributed by atoms with van der Waals surface area (Å²) in [5, 5.41) is 25.0. The van der Waals surface area contributed by atoms with Gasteiger partial charge in [-0.2, -0.15) is 4.73 Å². The molecule has 0 aliphatic heterocycles. The molecule has 90 valence electrons. The molecule has 5 N–H and O–H groups in total. The Morgan fingerprint density at radius 2 is 2.00 bits per heavy atom. The molecule has 0 aliphatic rings. The highest BCUT2D eigenvalue weighted by molar-refractivity contribution is 5.85. The van der Waals surface area contributed by atoms with E-state index in [1.807, 2.05) is 0 Å². The molecular formula is C8H13N3O5. The van der Waals surface area contributed by atoms with Crippen LogP contribution >= 0.6 is 0 Å². The monoisotopic (exact) mass is 231 g/mol. The molecule has 0 radical (unpaired) electrons. The van der Waals surface area contributed by atoms with Gasteiger partial charge in [0.1, 0.15) is 5.82 Å². The summed E-state index contributed by atoms with van der Waals surface area (Å²) in [5.74, 6) is -1.75. The number of aromatic carboxylic acids is 1. The number of carboxylic acids is 2. The quantitative estimate of drug-likeness (QED) is 0.510. The SMILES string of the molecule is CCc1nc(C(=O)O)cn1O.NCC(=O)O. The molecule has 0 aliphatic carbocycles. The molecule has 1 aromatic rings. The van der Waals surface area contributed by atoms with Crippen LogP contribution < -0.4 is 5.73 Å². The van der Waals surface area contributed by atoms with E-state index in [1.165, 1.54) is 0 Å². The van der Waals surface area contributed by atoms with Crippen molar-refractivity contribution < 1.29 is 25.0 Å². The molecule has 1 aromatic heterocycles. The molecule has 0 saturated carbocycles. The Hall–Kier alpha value is -2.09.